The van der Waals surface area contributed by atoms with Crippen LogP contribution in [0.15, 0.2) is 46.9 Å². The number of fused-ring (bicyclic) bond motifs is 8. The van der Waals surface area contributed by atoms with Crippen LogP contribution in [0.1, 0.15) is 89.1 Å². The molecule has 346 valence electrons. The van der Waals surface area contributed by atoms with Crippen LogP contribution in [0, 0.1) is 11.8 Å². The van der Waals surface area contributed by atoms with Gasteiger partial charge < -0.3 is 30.1 Å². The third-order valence-electron chi connectivity index (χ3n) is 14.0. The number of aliphatic carboxylic acids is 1. The number of likely N-dealkylation sites (tertiary alicyclic amines) is 2. The summed E-state index contributed by atoms with van der Waals surface area (Å²) in [5.74, 6) is 2.50. The highest BCUT2D eigenvalue weighted by atomic mass is 32.1. The Hall–Kier alpha value is -6.04. The van der Waals surface area contributed by atoms with Crippen LogP contribution in [-0.2, 0) is 48.4 Å². The molecule has 67 heavy (non-hydrogen) atoms. The average molecular weight is 939 g/mol. The van der Waals surface area contributed by atoms with E-state index < -0.39 is 5.97 Å². The molecule has 2 saturated heterocycles. The van der Waals surface area contributed by atoms with Gasteiger partial charge in [0.2, 0.25) is 5.91 Å². The summed E-state index contributed by atoms with van der Waals surface area (Å²) < 4.78 is 11.8. The number of aromatic nitrogens is 4. The standard InChI is InChI=1S/C29H34N6O2S.C21H20N4O3S/c1-2-37-24-11-20-14-30-13-19(20)10-23(24)33-27-26-22-7-6-18(12-25(22)38-28(26)32-17-31-27)29(36)35-15-21(16-35)34-8-4-3-5-9-34;1-2-28-16-6-13-9-22-8-12(13)5-15(16)25-19-18-14-4-3-11(21(26)27)7-17(14)29-20(18)24-10-23-19/h10-11,13,17-18,21H,2-9,12,14-16H2,1H3,(H,31,32,33);5-6,8,10-11H,2-4,7,9H2,1H3,(H,26,27)(H,23,24,25)/t18-;11-/m00/s1. The van der Waals surface area contributed by atoms with E-state index in [1.165, 1.54) is 53.9 Å². The molecule has 8 heterocycles. The van der Waals surface area contributed by atoms with E-state index in [1.807, 2.05) is 38.4 Å². The van der Waals surface area contributed by atoms with Gasteiger partial charge in [-0.25, -0.2) is 19.9 Å². The number of aryl methyl sites for hydroxylation is 2. The highest BCUT2D eigenvalue weighted by molar-refractivity contribution is 7.19. The van der Waals surface area contributed by atoms with Crippen molar-refractivity contribution in [2.75, 3.05) is 50.0 Å². The molecule has 2 fully saturated rings. The minimum atomic E-state index is -0.723. The van der Waals surface area contributed by atoms with E-state index >= 15 is 0 Å². The van der Waals surface area contributed by atoms with Crippen molar-refractivity contribution in [3.05, 3.63) is 80.1 Å². The lowest BCUT2D eigenvalue weighted by molar-refractivity contribution is -0.144. The summed E-state index contributed by atoms with van der Waals surface area (Å²) >= 11 is 3.29. The van der Waals surface area contributed by atoms with Crippen LogP contribution < -0.4 is 20.1 Å². The van der Waals surface area contributed by atoms with Gasteiger partial charge in [-0.15, -0.1) is 22.7 Å². The van der Waals surface area contributed by atoms with Crippen molar-refractivity contribution < 1.29 is 24.2 Å². The molecule has 0 saturated carbocycles. The number of ether oxygens (including phenoxy) is 2. The Morgan fingerprint density at radius 2 is 1.24 bits per heavy atom. The number of carboxylic acid groups (broad SMARTS) is 1. The third kappa shape index (κ3) is 8.50. The lowest BCUT2D eigenvalue weighted by Crippen LogP contribution is -2.63. The van der Waals surface area contributed by atoms with Gasteiger partial charge in [0.15, 0.2) is 0 Å². The van der Waals surface area contributed by atoms with Crippen molar-refractivity contribution >= 4 is 90.4 Å². The van der Waals surface area contributed by atoms with Crippen molar-refractivity contribution in [3.8, 4) is 11.5 Å². The Bertz CT molecular complexity index is 2950. The second kappa shape index (κ2) is 18.6. The number of benzene rings is 2. The maximum Gasteiger partial charge on any atom is 0.306 e. The molecule has 0 radical (unpaired) electrons. The summed E-state index contributed by atoms with van der Waals surface area (Å²) in [5, 5.41) is 18.5. The smallest absolute Gasteiger partial charge is 0.306 e. The lowest BCUT2D eigenvalue weighted by atomic mass is 9.86. The number of nitrogens with one attached hydrogen (secondary N) is 2. The Morgan fingerprint density at radius 1 is 0.716 bits per heavy atom. The molecular formula is C50H54N10O5S2. The minimum absolute atomic E-state index is 0.0720. The van der Waals surface area contributed by atoms with Crippen molar-refractivity contribution in [2.24, 2.45) is 21.8 Å². The maximum absolute atomic E-state index is 13.4. The van der Waals surface area contributed by atoms with E-state index in [-0.39, 0.29) is 11.8 Å². The number of piperidine rings is 1. The lowest BCUT2D eigenvalue weighted by Gasteiger charge is -2.47. The monoisotopic (exact) mass is 938 g/mol. The predicted molar refractivity (Wildman–Crippen MR) is 264 cm³/mol. The number of carbonyl (C=O) groups excluding carboxylic acids is 1. The van der Waals surface area contributed by atoms with Crippen LogP contribution in [0.25, 0.3) is 20.4 Å². The zero-order chi connectivity index (χ0) is 45.6. The first-order valence-electron chi connectivity index (χ1n) is 23.7. The van der Waals surface area contributed by atoms with Gasteiger partial charge in [0.25, 0.3) is 0 Å². The number of carboxylic acids is 1. The number of amides is 1. The summed E-state index contributed by atoms with van der Waals surface area (Å²) in [7, 11) is 0. The molecule has 17 heteroatoms. The summed E-state index contributed by atoms with van der Waals surface area (Å²) in [5.41, 5.74) is 8.74. The number of aliphatic imine (C=N–C) groups is 2. The molecule has 0 unspecified atom stereocenters. The topological polar surface area (TPSA) is 180 Å². The second-order valence-electron chi connectivity index (χ2n) is 18.2. The van der Waals surface area contributed by atoms with Gasteiger partial charge in [0.1, 0.15) is 45.5 Å². The summed E-state index contributed by atoms with van der Waals surface area (Å²) in [4.78, 5) is 60.7. The molecule has 3 N–H and O–H groups in total. The van der Waals surface area contributed by atoms with E-state index in [4.69, 9.17) is 9.47 Å². The van der Waals surface area contributed by atoms with E-state index in [0.29, 0.717) is 51.1 Å². The number of thiophene rings is 2. The summed E-state index contributed by atoms with van der Waals surface area (Å²) in [6.45, 7) is 10.7. The minimum Gasteiger partial charge on any atom is -0.492 e. The van der Waals surface area contributed by atoms with Gasteiger partial charge in [-0.2, -0.15) is 0 Å². The number of hydrogen-bond donors (Lipinski definition) is 3. The van der Waals surface area contributed by atoms with Crippen LogP contribution >= 0.6 is 22.7 Å². The van der Waals surface area contributed by atoms with E-state index in [2.05, 4.69) is 62.5 Å². The van der Waals surface area contributed by atoms with Crippen molar-refractivity contribution in [1.82, 2.24) is 29.7 Å². The molecule has 0 spiro atoms. The first-order valence-corrected chi connectivity index (χ1v) is 25.3. The molecule has 2 atom stereocenters. The fourth-order valence-electron chi connectivity index (χ4n) is 10.5. The molecular weight excluding hydrogens is 885 g/mol. The first-order chi connectivity index (χ1) is 32.8. The van der Waals surface area contributed by atoms with E-state index in [1.54, 1.807) is 35.3 Å². The third-order valence-corrected chi connectivity index (χ3v) is 16.4. The van der Waals surface area contributed by atoms with E-state index in [0.717, 1.165) is 115 Å². The van der Waals surface area contributed by atoms with Crippen molar-refractivity contribution in [3.63, 3.8) is 0 Å². The fourth-order valence-corrected chi connectivity index (χ4v) is 13.1. The molecule has 12 rings (SSSR count). The molecule has 1 amide bonds. The predicted octanol–water partition coefficient (Wildman–Crippen LogP) is 8.52. The molecule has 6 aliphatic rings. The van der Waals surface area contributed by atoms with Gasteiger partial charge in [0.05, 0.1) is 54.4 Å². The summed E-state index contributed by atoms with van der Waals surface area (Å²) in [6.07, 6.45) is 15.4. The van der Waals surface area contributed by atoms with E-state index in [9.17, 15) is 14.7 Å². The molecule has 4 aliphatic heterocycles. The van der Waals surface area contributed by atoms with Crippen LogP contribution in [-0.4, -0.2) is 105 Å². The molecule has 4 aromatic heterocycles. The first kappa shape index (κ1) is 43.5. The van der Waals surface area contributed by atoms with Gasteiger partial charge in [-0.05, 0) is 136 Å². The van der Waals surface area contributed by atoms with Crippen LogP contribution in [0.5, 0.6) is 11.5 Å². The average Bonchev–Trinajstić information content (AvgIpc) is 4.14. The van der Waals surface area contributed by atoms with Gasteiger partial charge in [0, 0.05) is 47.2 Å². The number of anilines is 4. The highest BCUT2D eigenvalue weighted by Gasteiger charge is 2.39. The molecule has 0 bridgehead atoms. The number of nitrogens with zero attached hydrogens (tertiary/aromatic N) is 8. The van der Waals surface area contributed by atoms with Crippen molar-refractivity contribution in [1.29, 1.82) is 0 Å². The maximum atomic E-state index is 13.4. The van der Waals surface area contributed by atoms with Crippen LogP contribution in [0.2, 0.25) is 0 Å². The van der Waals surface area contributed by atoms with Crippen molar-refractivity contribution in [2.45, 2.75) is 90.8 Å². The Kier molecular flexibility index (Phi) is 12.1. The second-order valence-corrected chi connectivity index (χ2v) is 20.3. The van der Waals surface area contributed by atoms with Crippen LogP contribution in [0.3, 0.4) is 0 Å². The Labute approximate surface area is 396 Å². The normalized spacial score (nSPS) is 19.5. The highest BCUT2D eigenvalue weighted by Crippen LogP contribution is 2.44. The molecule has 2 aliphatic carbocycles. The zero-order valence-corrected chi connectivity index (χ0v) is 39.5. The SMILES string of the molecule is CCOc1cc2c(cc1Nc1ncnc3sc4c(c13)CC[C@H](C(=O)N1CC(N3CCCCC3)C1)C4)C=NC2.CCOc1cc2c(cc1Nc1ncnc3sc4c(c13)CC[C@H](C(=O)O)C4)C=NC2. The fraction of sp³-hybridized carbons (Fsp3) is 0.440. The Morgan fingerprint density at radius 3 is 1.76 bits per heavy atom. The number of carbonyl (C=O) groups is 2. The molecule has 6 aromatic rings. The van der Waals surface area contributed by atoms with Gasteiger partial charge in [-0.1, -0.05) is 6.42 Å². The van der Waals surface area contributed by atoms with Gasteiger partial charge >= 0.3 is 5.97 Å². The summed E-state index contributed by atoms with van der Waals surface area (Å²) in [6, 6.07) is 8.83. The largest absolute Gasteiger partial charge is 0.492 e. The van der Waals surface area contributed by atoms with Crippen LogP contribution in [0.4, 0.5) is 23.0 Å². The number of hydrogen-bond acceptors (Lipinski definition) is 15. The molecule has 2 aromatic carbocycles. The quantitative estimate of drug-likeness (QED) is 0.113. The zero-order valence-electron chi connectivity index (χ0n) is 37.8. The Balaban J connectivity index is 0.000000153. The number of rotatable bonds is 11. The van der Waals surface area contributed by atoms with Gasteiger partial charge in [-0.3, -0.25) is 24.5 Å². The molecule has 15 nitrogen and oxygen atoms in total.